The molecule has 43 heavy (non-hydrogen) atoms. The molecule has 0 bridgehead atoms. The molecule has 0 radical (unpaired) electrons. The second-order valence-electron chi connectivity index (χ2n) is 11.4. The van der Waals surface area contributed by atoms with Gasteiger partial charge in [-0.05, 0) is 82.0 Å². The number of ether oxygens (including phenoxy) is 3. The van der Waals surface area contributed by atoms with Crippen LogP contribution in [0.25, 0.3) is 0 Å². The largest absolute Gasteiger partial charge is 0.468 e. The second-order valence-corrected chi connectivity index (χ2v) is 12.2. The van der Waals surface area contributed by atoms with Crippen LogP contribution in [-0.2, 0) is 40.6 Å². The Kier molecular flexibility index (Phi) is 11.4. The third-order valence-electron chi connectivity index (χ3n) is 7.20. The Hall–Kier alpha value is -3.37. The summed E-state index contributed by atoms with van der Waals surface area (Å²) in [5.41, 5.74) is -0.892. The van der Waals surface area contributed by atoms with Crippen LogP contribution in [0.4, 0.5) is 9.18 Å². The van der Waals surface area contributed by atoms with Gasteiger partial charge in [0, 0.05) is 35.1 Å². The smallest absolute Gasteiger partial charge is 0.410 e. The number of rotatable bonds is 9. The maximum atomic E-state index is 14.5. The first-order chi connectivity index (χ1) is 20.2. The van der Waals surface area contributed by atoms with Crippen molar-refractivity contribution < 1.29 is 37.8 Å². The first kappa shape index (κ1) is 34.1. The molecule has 2 amide bonds. The van der Waals surface area contributed by atoms with E-state index in [1.807, 2.05) is 0 Å². The number of hydrogen-bond donors (Lipinski definition) is 0. The SMILES string of the molecule is CCOC(=O)CN(Cc1cc(Cl)cc(Cl)c1)C(=O)C(C(=O)OC)C1(c2ccc(F)cc2)CCN(C(=O)OC(C)(C)C)CC1. The van der Waals surface area contributed by atoms with Crippen molar-refractivity contribution in [3.8, 4) is 0 Å². The first-order valence-electron chi connectivity index (χ1n) is 13.9. The summed E-state index contributed by atoms with van der Waals surface area (Å²) >= 11 is 12.4. The van der Waals surface area contributed by atoms with E-state index >= 15 is 0 Å². The van der Waals surface area contributed by atoms with E-state index in [0.717, 1.165) is 0 Å². The minimum atomic E-state index is -1.45. The summed E-state index contributed by atoms with van der Waals surface area (Å²) in [7, 11) is 1.17. The molecular weight excluding hydrogens is 602 g/mol. The Bertz CT molecular complexity index is 1300. The first-order valence-corrected chi connectivity index (χ1v) is 14.7. The van der Waals surface area contributed by atoms with Crippen LogP contribution in [-0.4, -0.2) is 72.7 Å². The predicted molar refractivity (Wildman–Crippen MR) is 159 cm³/mol. The second kappa shape index (κ2) is 14.4. The Morgan fingerprint density at radius 3 is 2.12 bits per heavy atom. The Morgan fingerprint density at radius 1 is 1.02 bits per heavy atom. The number of likely N-dealkylation sites (tertiary alicyclic amines) is 1. The van der Waals surface area contributed by atoms with Gasteiger partial charge in [-0.15, -0.1) is 0 Å². The predicted octanol–water partition coefficient (Wildman–Crippen LogP) is 5.78. The molecule has 1 heterocycles. The molecule has 2 aromatic rings. The number of amides is 2. The molecule has 0 aliphatic carbocycles. The molecule has 1 atom stereocenters. The third kappa shape index (κ3) is 8.83. The van der Waals surface area contributed by atoms with Gasteiger partial charge in [0.1, 0.15) is 23.9 Å². The Morgan fingerprint density at radius 2 is 1.60 bits per heavy atom. The van der Waals surface area contributed by atoms with Gasteiger partial charge >= 0.3 is 18.0 Å². The molecule has 0 aromatic heterocycles. The number of carbonyl (C=O) groups is 4. The fraction of sp³-hybridized carbons (Fsp3) is 0.484. The van der Waals surface area contributed by atoms with Gasteiger partial charge in [-0.2, -0.15) is 0 Å². The number of methoxy groups -OCH3 is 1. The lowest BCUT2D eigenvalue weighted by molar-refractivity contribution is -0.162. The van der Waals surface area contributed by atoms with Gasteiger partial charge in [-0.25, -0.2) is 9.18 Å². The highest BCUT2D eigenvalue weighted by atomic mass is 35.5. The number of hydrogen-bond acceptors (Lipinski definition) is 7. The van der Waals surface area contributed by atoms with Crippen LogP contribution >= 0.6 is 23.2 Å². The quantitative estimate of drug-likeness (QED) is 0.195. The van der Waals surface area contributed by atoms with E-state index in [1.165, 1.54) is 47.2 Å². The zero-order chi connectivity index (χ0) is 31.9. The average molecular weight is 640 g/mol. The van der Waals surface area contributed by atoms with E-state index in [4.69, 9.17) is 37.4 Å². The highest BCUT2D eigenvalue weighted by molar-refractivity contribution is 6.34. The number of esters is 2. The van der Waals surface area contributed by atoms with Crippen LogP contribution < -0.4 is 0 Å². The van der Waals surface area contributed by atoms with Crippen LogP contribution in [0, 0.1) is 11.7 Å². The number of piperidine rings is 1. The summed E-state index contributed by atoms with van der Waals surface area (Å²) in [6.45, 7) is 6.72. The summed E-state index contributed by atoms with van der Waals surface area (Å²) < 4.78 is 29.8. The van der Waals surface area contributed by atoms with Crippen molar-refractivity contribution in [1.29, 1.82) is 0 Å². The lowest BCUT2D eigenvalue weighted by Crippen LogP contribution is -2.56. The average Bonchev–Trinajstić information content (AvgIpc) is 2.92. The minimum absolute atomic E-state index is 0.0876. The molecule has 1 unspecified atom stereocenters. The van der Waals surface area contributed by atoms with Gasteiger partial charge in [0.2, 0.25) is 5.91 Å². The van der Waals surface area contributed by atoms with Gasteiger partial charge in [0.15, 0.2) is 0 Å². The molecule has 1 saturated heterocycles. The molecule has 234 valence electrons. The van der Waals surface area contributed by atoms with Crippen LogP contribution in [0.15, 0.2) is 42.5 Å². The minimum Gasteiger partial charge on any atom is -0.468 e. The fourth-order valence-electron chi connectivity index (χ4n) is 5.30. The van der Waals surface area contributed by atoms with E-state index in [-0.39, 0.29) is 39.1 Å². The van der Waals surface area contributed by atoms with Gasteiger partial charge in [-0.1, -0.05) is 35.3 Å². The molecule has 9 nitrogen and oxygen atoms in total. The van der Waals surface area contributed by atoms with Crippen LogP contribution in [0.2, 0.25) is 10.0 Å². The highest BCUT2D eigenvalue weighted by Crippen LogP contribution is 2.44. The van der Waals surface area contributed by atoms with Crippen molar-refractivity contribution in [3.63, 3.8) is 0 Å². The summed E-state index contributed by atoms with van der Waals surface area (Å²) in [5.74, 6) is -4.16. The van der Waals surface area contributed by atoms with E-state index in [9.17, 15) is 23.6 Å². The molecule has 3 rings (SSSR count). The number of benzene rings is 2. The molecule has 1 aliphatic rings. The zero-order valence-electron chi connectivity index (χ0n) is 25.0. The van der Waals surface area contributed by atoms with Crippen molar-refractivity contribution in [2.75, 3.05) is 33.4 Å². The Balaban J connectivity index is 2.08. The van der Waals surface area contributed by atoms with Gasteiger partial charge in [0.25, 0.3) is 0 Å². The lowest BCUT2D eigenvalue weighted by Gasteiger charge is -2.46. The maximum Gasteiger partial charge on any atom is 0.410 e. The van der Waals surface area contributed by atoms with Crippen molar-refractivity contribution >= 4 is 47.1 Å². The Labute approximate surface area is 261 Å². The zero-order valence-corrected chi connectivity index (χ0v) is 26.5. The van der Waals surface area contributed by atoms with E-state index in [1.54, 1.807) is 39.8 Å². The molecule has 0 saturated carbocycles. The lowest BCUT2D eigenvalue weighted by atomic mass is 9.63. The van der Waals surface area contributed by atoms with Crippen LogP contribution in [0.3, 0.4) is 0 Å². The molecule has 1 fully saturated rings. The molecular formula is C31H37Cl2FN2O7. The molecule has 2 aromatic carbocycles. The van der Waals surface area contributed by atoms with Gasteiger partial charge in [-0.3, -0.25) is 14.4 Å². The van der Waals surface area contributed by atoms with Crippen molar-refractivity contribution in [2.24, 2.45) is 5.92 Å². The van der Waals surface area contributed by atoms with Crippen molar-refractivity contribution in [3.05, 3.63) is 69.5 Å². The summed E-state index contributed by atoms with van der Waals surface area (Å²) in [4.78, 5) is 56.3. The normalized spacial score (nSPS) is 15.3. The topological polar surface area (TPSA) is 102 Å². The number of halogens is 3. The molecule has 12 heteroatoms. The summed E-state index contributed by atoms with van der Waals surface area (Å²) in [6, 6.07) is 10.3. The van der Waals surface area contributed by atoms with Gasteiger partial charge in [0.05, 0.1) is 13.7 Å². The summed E-state index contributed by atoms with van der Waals surface area (Å²) in [6.07, 6.45) is -0.220. The van der Waals surface area contributed by atoms with Gasteiger partial charge < -0.3 is 24.0 Å². The van der Waals surface area contributed by atoms with Crippen LogP contribution in [0.5, 0.6) is 0 Å². The van der Waals surface area contributed by atoms with E-state index < -0.39 is 53.2 Å². The van der Waals surface area contributed by atoms with E-state index in [2.05, 4.69) is 0 Å². The number of carbonyl (C=O) groups excluding carboxylic acids is 4. The summed E-state index contributed by atoms with van der Waals surface area (Å²) in [5, 5.41) is 0.653. The van der Waals surface area contributed by atoms with Crippen molar-refractivity contribution in [1.82, 2.24) is 9.80 Å². The number of nitrogens with zero attached hydrogens (tertiary/aromatic N) is 2. The molecule has 1 aliphatic heterocycles. The fourth-order valence-corrected chi connectivity index (χ4v) is 5.87. The maximum absolute atomic E-state index is 14.5. The van der Waals surface area contributed by atoms with Crippen LogP contribution in [0.1, 0.15) is 51.7 Å². The van der Waals surface area contributed by atoms with E-state index in [0.29, 0.717) is 21.2 Å². The third-order valence-corrected chi connectivity index (χ3v) is 7.63. The highest BCUT2D eigenvalue weighted by Gasteiger charge is 2.53. The standard InChI is InChI=1S/C31H37Cl2FN2O7/c1-6-42-25(37)19-36(18-20-15-22(32)17-23(33)16-20)27(38)26(28(39)41-5)31(21-7-9-24(34)10-8-21)11-13-35(14-12-31)29(40)43-30(2,3)4/h7-10,15-17,26H,6,11-14,18-19H2,1-5H3. The monoisotopic (exact) mass is 638 g/mol. The van der Waals surface area contributed by atoms with Crippen molar-refractivity contribution in [2.45, 2.75) is 58.1 Å². The molecule has 0 spiro atoms. The molecule has 0 N–H and O–H groups in total.